The van der Waals surface area contributed by atoms with Gasteiger partial charge in [-0.25, -0.2) is 0 Å². The SMILES string of the molecule is CN(Cc1ccccc1NC(=O)C=Cc1ccc(Br)o1)C1CCCCC1. The van der Waals surface area contributed by atoms with E-state index < -0.39 is 0 Å². The molecular formula is C21H25BrN2O2. The molecule has 0 spiro atoms. The maximum Gasteiger partial charge on any atom is 0.248 e. The molecule has 0 saturated heterocycles. The number of amides is 1. The van der Waals surface area contributed by atoms with Crippen LogP contribution < -0.4 is 5.32 Å². The Hall–Kier alpha value is -1.85. The molecule has 1 aliphatic rings. The van der Waals surface area contributed by atoms with Gasteiger partial charge in [0, 0.05) is 24.4 Å². The van der Waals surface area contributed by atoms with Gasteiger partial charge in [0.25, 0.3) is 0 Å². The number of anilines is 1. The maximum absolute atomic E-state index is 12.3. The molecule has 4 nitrogen and oxygen atoms in total. The Morgan fingerprint density at radius 2 is 2.00 bits per heavy atom. The summed E-state index contributed by atoms with van der Waals surface area (Å²) in [6.07, 6.45) is 9.69. The molecule has 138 valence electrons. The predicted octanol–water partition coefficient (Wildman–Crippen LogP) is 5.46. The second-order valence-corrected chi connectivity index (χ2v) is 7.61. The number of carbonyl (C=O) groups is 1. The van der Waals surface area contributed by atoms with E-state index in [-0.39, 0.29) is 5.91 Å². The second-order valence-electron chi connectivity index (χ2n) is 6.83. The van der Waals surface area contributed by atoms with Crippen LogP contribution in [0.3, 0.4) is 0 Å². The number of nitrogens with one attached hydrogen (secondary N) is 1. The molecule has 2 aromatic rings. The molecule has 0 atom stereocenters. The third-order valence-electron chi connectivity index (χ3n) is 4.89. The lowest BCUT2D eigenvalue weighted by Gasteiger charge is -2.31. The van der Waals surface area contributed by atoms with Crippen molar-refractivity contribution < 1.29 is 9.21 Å². The molecule has 3 rings (SSSR count). The van der Waals surface area contributed by atoms with Crippen molar-refractivity contribution in [2.24, 2.45) is 0 Å². The van der Waals surface area contributed by atoms with E-state index in [9.17, 15) is 4.79 Å². The summed E-state index contributed by atoms with van der Waals surface area (Å²) < 4.78 is 6.02. The summed E-state index contributed by atoms with van der Waals surface area (Å²) in [5.41, 5.74) is 2.01. The fourth-order valence-electron chi connectivity index (χ4n) is 3.45. The van der Waals surface area contributed by atoms with E-state index in [4.69, 9.17) is 4.42 Å². The first-order valence-electron chi connectivity index (χ1n) is 9.14. The average molecular weight is 417 g/mol. The third-order valence-corrected chi connectivity index (χ3v) is 5.31. The van der Waals surface area contributed by atoms with E-state index in [0.717, 1.165) is 17.8 Å². The highest BCUT2D eigenvalue weighted by Crippen LogP contribution is 2.25. The number of carbonyl (C=O) groups excluding carboxylic acids is 1. The minimum atomic E-state index is -0.162. The monoisotopic (exact) mass is 416 g/mol. The van der Waals surface area contributed by atoms with Gasteiger partial charge >= 0.3 is 0 Å². The Bertz CT molecular complexity index is 763. The largest absolute Gasteiger partial charge is 0.450 e. The molecule has 1 saturated carbocycles. The van der Waals surface area contributed by atoms with Crippen LogP contribution in [-0.2, 0) is 11.3 Å². The number of halogens is 1. The van der Waals surface area contributed by atoms with Crippen molar-refractivity contribution in [3.05, 3.63) is 58.5 Å². The molecule has 1 amide bonds. The van der Waals surface area contributed by atoms with Crippen LogP contribution in [0.4, 0.5) is 5.69 Å². The summed E-state index contributed by atoms with van der Waals surface area (Å²) in [4.78, 5) is 14.7. The van der Waals surface area contributed by atoms with Crippen LogP contribution in [0.1, 0.15) is 43.4 Å². The van der Waals surface area contributed by atoms with Crippen LogP contribution in [0.15, 0.2) is 51.6 Å². The zero-order valence-corrected chi connectivity index (χ0v) is 16.7. The first-order valence-corrected chi connectivity index (χ1v) is 9.93. The van der Waals surface area contributed by atoms with E-state index in [1.54, 1.807) is 18.2 Å². The third kappa shape index (κ3) is 5.32. The number of rotatable bonds is 6. The van der Waals surface area contributed by atoms with Crippen LogP contribution in [0.25, 0.3) is 6.08 Å². The summed E-state index contributed by atoms with van der Waals surface area (Å²) in [7, 11) is 2.18. The minimum absolute atomic E-state index is 0.162. The van der Waals surface area contributed by atoms with Gasteiger partial charge in [0.05, 0.1) is 0 Å². The van der Waals surface area contributed by atoms with Crippen molar-refractivity contribution in [2.45, 2.75) is 44.7 Å². The summed E-state index contributed by atoms with van der Waals surface area (Å²) in [6.45, 7) is 0.843. The van der Waals surface area contributed by atoms with Gasteiger partial charge in [0.1, 0.15) is 5.76 Å². The van der Waals surface area contributed by atoms with Crippen LogP contribution in [0.5, 0.6) is 0 Å². The summed E-state index contributed by atoms with van der Waals surface area (Å²) in [6, 6.07) is 12.3. The first-order chi connectivity index (χ1) is 12.6. The number of benzene rings is 1. The van der Waals surface area contributed by atoms with Gasteiger partial charge in [-0.1, -0.05) is 37.5 Å². The molecule has 0 radical (unpaired) electrons. The molecule has 26 heavy (non-hydrogen) atoms. The van der Waals surface area contributed by atoms with Crippen LogP contribution in [0.2, 0.25) is 0 Å². The van der Waals surface area contributed by atoms with E-state index >= 15 is 0 Å². The lowest BCUT2D eigenvalue weighted by molar-refractivity contribution is -0.111. The zero-order chi connectivity index (χ0) is 18.4. The molecule has 1 aliphatic carbocycles. The Labute approximate surface area is 163 Å². The van der Waals surface area contributed by atoms with Crippen molar-refractivity contribution in [1.82, 2.24) is 4.90 Å². The summed E-state index contributed by atoms with van der Waals surface area (Å²) >= 11 is 3.25. The predicted molar refractivity (Wildman–Crippen MR) is 109 cm³/mol. The second kappa shape index (κ2) is 9.19. The molecular weight excluding hydrogens is 392 g/mol. The van der Waals surface area contributed by atoms with E-state index in [2.05, 4.69) is 39.3 Å². The van der Waals surface area contributed by atoms with Crippen molar-refractivity contribution in [3.8, 4) is 0 Å². The van der Waals surface area contributed by atoms with Gasteiger partial charge in [0.2, 0.25) is 5.91 Å². The minimum Gasteiger partial charge on any atom is -0.450 e. The number of nitrogens with zero attached hydrogens (tertiary/aromatic N) is 1. The highest BCUT2D eigenvalue weighted by atomic mass is 79.9. The van der Waals surface area contributed by atoms with Crippen molar-refractivity contribution in [2.75, 3.05) is 12.4 Å². The number of furan rings is 1. The van der Waals surface area contributed by atoms with Crippen LogP contribution >= 0.6 is 15.9 Å². The highest BCUT2D eigenvalue weighted by molar-refractivity contribution is 9.10. The number of hydrogen-bond donors (Lipinski definition) is 1. The lowest BCUT2D eigenvalue weighted by Crippen LogP contribution is -2.33. The molecule has 0 bridgehead atoms. The van der Waals surface area contributed by atoms with E-state index in [0.29, 0.717) is 16.5 Å². The van der Waals surface area contributed by atoms with Crippen molar-refractivity contribution >= 4 is 33.6 Å². The van der Waals surface area contributed by atoms with Gasteiger partial charge in [-0.3, -0.25) is 9.69 Å². The van der Waals surface area contributed by atoms with Crippen LogP contribution in [0, 0.1) is 0 Å². The Balaban J connectivity index is 1.62. The van der Waals surface area contributed by atoms with Gasteiger partial charge in [-0.15, -0.1) is 0 Å². The molecule has 1 aromatic carbocycles. The Kier molecular flexibility index (Phi) is 6.69. The zero-order valence-electron chi connectivity index (χ0n) is 15.1. The fraction of sp³-hybridized carbons (Fsp3) is 0.381. The smallest absolute Gasteiger partial charge is 0.248 e. The molecule has 1 N–H and O–H groups in total. The van der Waals surface area contributed by atoms with Gasteiger partial charge in [-0.05, 0) is 65.7 Å². The highest BCUT2D eigenvalue weighted by Gasteiger charge is 2.18. The normalized spacial score (nSPS) is 15.7. The molecule has 1 aromatic heterocycles. The van der Waals surface area contributed by atoms with E-state index in [1.165, 1.54) is 38.2 Å². The molecule has 1 heterocycles. The molecule has 0 unspecified atom stereocenters. The van der Waals surface area contributed by atoms with E-state index in [1.807, 2.05) is 18.2 Å². The maximum atomic E-state index is 12.3. The quantitative estimate of drug-likeness (QED) is 0.635. The topological polar surface area (TPSA) is 45.5 Å². The van der Waals surface area contributed by atoms with Crippen LogP contribution in [-0.4, -0.2) is 23.9 Å². The van der Waals surface area contributed by atoms with Gasteiger partial charge < -0.3 is 9.73 Å². The Morgan fingerprint density at radius 3 is 2.73 bits per heavy atom. The molecule has 5 heteroatoms. The number of hydrogen-bond acceptors (Lipinski definition) is 3. The van der Waals surface area contributed by atoms with Crippen molar-refractivity contribution in [1.29, 1.82) is 0 Å². The average Bonchev–Trinajstić information content (AvgIpc) is 3.08. The standard InChI is InChI=1S/C21H25BrN2O2/c1-24(17-8-3-2-4-9-17)15-16-7-5-6-10-19(16)23-21(25)14-12-18-11-13-20(22)26-18/h5-7,10-14,17H,2-4,8-9,15H2,1H3,(H,23,25). The fourth-order valence-corrected chi connectivity index (χ4v) is 3.77. The molecule has 0 aliphatic heterocycles. The summed E-state index contributed by atoms with van der Waals surface area (Å²) in [5, 5.41) is 2.99. The lowest BCUT2D eigenvalue weighted by atomic mass is 9.94. The van der Waals surface area contributed by atoms with Gasteiger partial charge in [-0.2, -0.15) is 0 Å². The molecule has 1 fully saturated rings. The van der Waals surface area contributed by atoms with Crippen molar-refractivity contribution in [3.63, 3.8) is 0 Å². The summed E-state index contributed by atoms with van der Waals surface area (Å²) in [5.74, 6) is 0.475. The van der Waals surface area contributed by atoms with Gasteiger partial charge in [0.15, 0.2) is 4.67 Å². The number of para-hydroxylation sites is 1. The Morgan fingerprint density at radius 1 is 1.23 bits per heavy atom. The first kappa shape index (κ1) is 18.9.